The highest BCUT2D eigenvalue weighted by Gasteiger charge is 2.50. The summed E-state index contributed by atoms with van der Waals surface area (Å²) in [6, 6.07) is 0. The van der Waals surface area contributed by atoms with Crippen molar-refractivity contribution in [3.63, 3.8) is 0 Å². The molecule has 0 aliphatic heterocycles. The van der Waals surface area contributed by atoms with Crippen LogP contribution in [0, 0.1) is 29.1 Å². The van der Waals surface area contributed by atoms with E-state index in [0.717, 1.165) is 0 Å². The van der Waals surface area contributed by atoms with Gasteiger partial charge in [0.2, 0.25) is 0 Å². The second-order valence-electron chi connectivity index (χ2n) is 6.74. The molecule has 0 aromatic rings. The maximum Gasteiger partial charge on any atom is 0.133 e. The van der Waals surface area contributed by atoms with Gasteiger partial charge in [0, 0.05) is 5.92 Å². The zero-order chi connectivity index (χ0) is 11.9. The first-order valence-electron chi connectivity index (χ1n) is 6.96. The van der Waals surface area contributed by atoms with E-state index in [9.17, 15) is 4.79 Å². The molecule has 2 rings (SSSR count). The van der Waals surface area contributed by atoms with E-state index in [4.69, 9.17) is 0 Å². The van der Waals surface area contributed by atoms with Crippen LogP contribution in [0.15, 0.2) is 0 Å². The van der Waals surface area contributed by atoms with E-state index in [0.29, 0.717) is 34.9 Å². The summed E-state index contributed by atoms with van der Waals surface area (Å²) < 4.78 is 0. The zero-order valence-corrected chi connectivity index (χ0v) is 11.3. The highest BCUT2D eigenvalue weighted by molar-refractivity contribution is 5.79. The van der Waals surface area contributed by atoms with Crippen molar-refractivity contribution in [2.45, 2.75) is 59.8 Å². The minimum atomic E-state index is 0.362. The molecule has 92 valence electrons. The predicted octanol–water partition coefficient (Wildman–Crippen LogP) is 4.06. The van der Waals surface area contributed by atoms with Crippen molar-refractivity contribution in [1.29, 1.82) is 0 Å². The Bertz CT molecular complexity index is 281. The number of carbonyl (C=O) groups is 1. The summed E-state index contributed by atoms with van der Waals surface area (Å²) in [5.41, 5.74) is 0.488. The standard InChI is InChI=1S/C15H26O/c1-10(2)12-7-9-15(4)8-5-6-13(15)14(12)11(3)16/h10,12-14H,5-9H2,1-4H3/t12-,13-,14-,15+/m0/s1. The molecule has 0 radical (unpaired) electrons. The Hall–Kier alpha value is -0.330. The minimum absolute atomic E-state index is 0.362. The molecule has 0 bridgehead atoms. The van der Waals surface area contributed by atoms with Crippen LogP contribution in [0.5, 0.6) is 0 Å². The molecule has 0 aromatic heterocycles. The fraction of sp³-hybridized carbons (Fsp3) is 0.933. The van der Waals surface area contributed by atoms with Gasteiger partial charge in [-0.05, 0) is 55.8 Å². The Labute approximate surface area is 100.0 Å². The summed E-state index contributed by atoms with van der Waals surface area (Å²) >= 11 is 0. The number of hydrogen-bond donors (Lipinski definition) is 0. The first-order chi connectivity index (χ1) is 7.46. The van der Waals surface area contributed by atoms with Crippen molar-refractivity contribution in [1.82, 2.24) is 0 Å². The van der Waals surface area contributed by atoms with Gasteiger partial charge in [0.05, 0.1) is 0 Å². The number of fused-ring (bicyclic) bond motifs is 1. The smallest absolute Gasteiger partial charge is 0.133 e. The molecule has 0 amide bonds. The lowest BCUT2D eigenvalue weighted by atomic mass is 9.57. The van der Waals surface area contributed by atoms with Gasteiger partial charge in [0.25, 0.3) is 0 Å². The summed E-state index contributed by atoms with van der Waals surface area (Å²) in [4.78, 5) is 12.0. The van der Waals surface area contributed by atoms with Crippen molar-refractivity contribution >= 4 is 5.78 Å². The fourth-order valence-electron chi connectivity index (χ4n) is 4.49. The van der Waals surface area contributed by atoms with Gasteiger partial charge in [-0.3, -0.25) is 4.79 Å². The first-order valence-corrected chi connectivity index (χ1v) is 6.96. The van der Waals surface area contributed by atoms with E-state index in [2.05, 4.69) is 20.8 Å². The zero-order valence-electron chi connectivity index (χ0n) is 11.3. The lowest BCUT2D eigenvalue weighted by Gasteiger charge is -2.47. The molecule has 16 heavy (non-hydrogen) atoms. The monoisotopic (exact) mass is 222 g/mol. The normalized spacial score (nSPS) is 43.4. The molecule has 0 aromatic carbocycles. The van der Waals surface area contributed by atoms with Crippen molar-refractivity contribution in [3.05, 3.63) is 0 Å². The third-order valence-corrected chi connectivity index (χ3v) is 5.43. The van der Waals surface area contributed by atoms with Crippen LogP contribution in [0.3, 0.4) is 0 Å². The number of rotatable bonds is 2. The maximum atomic E-state index is 12.0. The Balaban J connectivity index is 2.26. The van der Waals surface area contributed by atoms with Crippen molar-refractivity contribution in [2.24, 2.45) is 29.1 Å². The van der Waals surface area contributed by atoms with Crippen LogP contribution in [0.4, 0.5) is 0 Å². The SMILES string of the molecule is CC(=O)[C@H]1[C@H](C(C)C)CC[C@@]2(C)CCC[C@@H]12. The highest BCUT2D eigenvalue weighted by Crippen LogP contribution is 2.57. The quantitative estimate of drug-likeness (QED) is 0.688. The molecule has 2 saturated carbocycles. The van der Waals surface area contributed by atoms with Gasteiger partial charge in [-0.15, -0.1) is 0 Å². The summed E-state index contributed by atoms with van der Waals surface area (Å²) in [7, 11) is 0. The largest absolute Gasteiger partial charge is 0.300 e. The first kappa shape index (κ1) is 12.1. The molecular weight excluding hydrogens is 196 g/mol. The van der Waals surface area contributed by atoms with Crippen molar-refractivity contribution in [2.75, 3.05) is 0 Å². The van der Waals surface area contributed by atoms with E-state index in [1.165, 1.54) is 32.1 Å². The Morgan fingerprint density at radius 1 is 1.25 bits per heavy atom. The van der Waals surface area contributed by atoms with Gasteiger partial charge in [-0.25, -0.2) is 0 Å². The molecule has 1 heteroatoms. The molecule has 2 aliphatic rings. The molecule has 4 atom stereocenters. The van der Waals surface area contributed by atoms with E-state index in [-0.39, 0.29) is 0 Å². The molecule has 0 heterocycles. The number of carbonyl (C=O) groups excluding carboxylic acids is 1. The van der Waals surface area contributed by atoms with Crippen molar-refractivity contribution in [3.8, 4) is 0 Å². The third-order valence-electron chi connectivity index (χ3n) is 5.43. The average Bonchev–Trinajstić information content (AvgIpc) is 2.56. The molecule has 1 nitrogen and oxygen atoms in total. The van der Waals surface area contributed by atoms with Gasteiger partial charge >= 0.3 is 0 Å². The Kier molecular flexibility index (Phi) is 3.16. The van der Waals surface area contributed by atoms with E-state index in [1.807, 2.05) is 6.92 Å². The van der Waals surface area contributed by atoms with Crippen LogP contribution in [0.2, 0.25) is 0 Å². The van der Waals surface area contributed by atoms with Gasteiger partial charge in [-0.2, -0.15) is 0 Å². The molecule has 2 aliphatic carbocycles. The molecule has 0 saturated heterocycles. The van der Waals surface area contributed by atoms with Crippen LogP contribution in [-0.4, -0.2) is 5.78 Å². The van der Waals surface area contributed by atoms with Gasteiger partial charge in [0.1, 0.15) is 5.78 Å². The van der Waals surface area contributed by atoms with Gasteiger partial charge in [0.15, 0.2) is 0 Å². The van der Waals surface area contributed by atoms with Crippen LogP contribution >= 0.6 is 0 Å². The third kappa shape index (κ3) is 1.83. The highest BCUT2D eigenvalue weighted by atomic mass is 16.1. The predicted molar refractivity (Wildman–Crippen MR) is 67.2 cm³/mol. The second kappa shape index (κ2) is 4.16. The fourth-order valence-corrected chi connectivity index (χ4v) is 4.49. The number of ketones is 1. The molecular formula is C15H26O. The summed E-state index contributed by atoms with van der Waals surface area (Å²) in [6.45, 7) is 8.83. The summed E-state index contributed by atoms with van der Waals surface area (Å²) in [6.07, 6.45) is 6.62. The summed E-state index contributed by atoms with van der Waals surface area (Å²) in [5.74, 6) is 2.82. The number of hydrogen-bond acceptors (Lipinski definition) is 1. The average molecular weight is 222 g/mol. The lowest BCUT2D eigenvalue weighted by Crippen LogP contribution is -2.43. The van der Waals surface area contributed by atoms with Crippen LogP contribution in [0.1, 0.15) is 59.8 Å². The van der Waals surface area contributed by atoms with Crippen LogP contribution < -0.4 is 0 Å². The van der Waals surface area contributed by atoms with Crippen LogP contribution in [0.25, 0.3) is 0 Å². The van der Waals surface area contributed by atoms with E-state index < -0.39 is 0 Å². The topological polar surface area (TPSA) is 17.1 Å². The molecule has 0 spiro atoms. The Morgan fingerprint density at radius 2 is 1.94 bits per heavy atom. The van der Waals surface area contributed by atoms with Gasteiger partial charge in [-0.1, -0.05) is 27.2 Å². The second-order valence-corrected chi connectivity index (χ2v) is 6.74. The minimum Gasteiger partial charge on any atom is -0.300 e. The van der Waals surface area contributed by atoms with E-state index >= 15 is 0 Å². The molecule has 0 N–H and O–H groups in total. The van der Waals surface area contributed by atoms with E-state index in [1.54, 1.807) is 0 Å². The van der Waals surface area contributed by atoms with Crippen molar-refractivity contribution < 1.29 is 4.79 Å². The molecule has 0 unspecified atom stereocenters. The molecule has 2 fully saturated rings. The maximum absolute atomic E-state index is 12.0. The summed E-state index contributed by atoms with van der Waals surface area (Å²) in [5, 5.41) is 0. The van der Waals surface area contributed by atoms with Gasteiger partial charge < -0.3 is 0 Å². The lowest BCUT2D eigenvalue weighted by molar-refractivity contribution is -0.130. The van der Waals surface area contributed by atoms with Crippen LogP contribution in [-0.2, 0) is 4.79 Å². The Morgan fingerprint density at radius 3 is 2.50 bits per heavy atom. The number of Topliss-reactive ketones (excluding diaryl/α,β-unsaturated/α-hetero) is 1.